The van der Waals surface area contributed by atoms with Crippen LogP contribution in [0, 0.1) is 6.92 Å². The van der Waals surface area contributed by atoms with Crippen molar-refractivity contribution in [3.05, 3.63) is 47.9 Å². The van der Waals surface area contributed by atoms with Gasteiger partial charge in [0.05, 0.1) is 17.7 Å². The van der Waals surface area contributed by atoms with Crippen LogP contribution in [0.25, 0.3) is 0 Å². The summed E-state index contributed by atoms with van der Waals surface area (Å²) in [7, 11) is -3.42. The highest BCUT2D eigenvalue weighted by atomic mass is 32.2. The average molecular weight is 393 g/mol. The fourth-order valence-corrected chi connectivity index (χ4v) is 3.56. The number of benzene rings is 1. The number of carbonyl (C=O) groups excluding carboxylic acids is 2. The Morgan fingerprint density at radius 2 is 1.85 bits per heavy atom. The first-order valence-electron chi connectivity index (χ1n) is 8.54. The summed E-state index contributed by atoms with van der Waals surface area (Å²) in [5.41, 5.74) is 1.55. The van der Waals surface area contributed by atoms with E-state index in [1.54, 1.807) is 38.1 Å². The zero-order valence-corrected chi connectivity index (χ0v) is 16.1. The van der Waals surface area contributed by atoms with Crippen molar-refractivity contribution < 1.29 is 22.4 Å². The summed E-state index contributed by atoms with van der Waals surface area (Å²) in [4.78, 5) is 23.8. The van der Waals surface area contributed by atoms with Crippen LogP contribution in [0.4, 0.5) is 11.4 Å². The van der Waals surface area contributed by atoms with E-state index in [4.69, 9.17) is 4.42 Å². The smallest absolute Gasteiger partial charge is 0.286 e. The largest absolute Gasteiger partial charge is 0.459 e. The van der Waals surface area contributed by atoms with Gasteiger partial charge in [-0.1, -0.05) is 13.0 Å². The van der Waals surface area contributed by atoms with Gasteiger partial charge in [-0.15, -0.1) is 0 Å². The lowest BCUT2D eigenvalue weighted by Crippen LogP contribution is -2.27. The summed E-state index contributed by atoms with van der Waals surface area (Å²) in [6, 6.07) is 8.12. The van der Waals surface area contributed by atoms with Crippen molar-refractivity contribution in [1.29, 1.82) is 0 Å². The van der Waals surface area contributed by atoms with Crippen LogP contribution in [0.15, 0.2) is 41.0 Å². The lowest BCUT2D eigenvalue weighted by Gasteiger charge is -2.14. The number of furan rings is 1. The van der Waals surface area contributed by atoms with E-state index in [1.165, 1.54) is 12.3 Å². The van der Waals surface area contributed by atoms with E-state index < -0.39 is 15.9 Å². The Balaban J connectivity index is 1.91. The number of hydrogen-bond donors (Lipinski definition) is 3. The molecule has 0 aliphatic carbocycles. The molecular formula is C18H23N3O5S. The van der Waals surface area contributed by atoms with Crippen molar-refractivity contribution in [2.75, 3.05) is 22.3 Å². The average Bonchev–Trinajstić information content (AvgIpc) is 3.13. The van der Waals surface area contributed by atoms with Gasteiger partial charge in [0, 0.05) is 18.7 Å². The van der Waals surface area contributed by atoms with Crippen molar-refractivity contribution in [2.24, 2.45) is 0 Å². The van der Waals surface area contributed by atoms with Crippen molar-refractivity contribution in [3.8, 4) is 0 Å². The Labute approximate surface area is 158 Å². The molecule has 0 saturated heterocycles. The maximum Gasteiger partial charge on any atom is 0.286 e. The van der Waals surface area contributed by atoms with Crippen LogP contribution in [0.1, 0.15) is 35.9 Å². The predicted molar refractivity (Wildman–Crippen MR) is 103 cm³/mol. The summed E-state index contributed by atoms with van der Waals surface area (Å²) in [5.74, 6) is -0.487. The molecule has 1 aromatic heterocycles. The summed E-state index contributed by atoms with van der Waals surface area (Å²) in [6.07, 6.45) is 1.97. The highest BCUT2D eigenvalue weighted by molar-refractivity contribution is 7.92. The minimum Gasteiger partial charge on any atom is -0.459 e. The fraction of sp³-hybridized carbons (Fsp3) is 0.333. The molecule has 9 heteroatoms. The molecule has 0 radical (unpaired) electrons. The van der Waals surface area contributed by atoms with Crippen molar-refractivity contribution in [2.45, 2.75) is 26.7 Å². The number of carbonyl (C=O) groups is 2. The van der Waals surface area contributed by atoms with Gasteiger partial charge < -0.3 is 15.1 Å². The number of amides is 2. The molecule has 8 nitrogen and oxygen atoms in total. The molecule has 0 atom stereocenters. The zero-order valence-electron chi connectivity index (χ0n) is 15.2. The monoisotopic (exact) mass is 393 g/mol. The van der Waals surface area contributed by atoms with Crippen molar-refractivity contribution in [1.82, 2.24) is 5.32 Å². The molecule has 0 saturated carbocycles. The van der Waals surface area contributed by atoms with Crippen LogP contribution in [-0.4, -0.2) is 32.5 Å². The first-order chi connectivity index (χ1) is 12.8. The molecule has 27 heavy (non-hydrogen) atoms. The topological polar surface area (TPSA) is 118 Å². The van der Waals surface area contributed by atoms with Gasteiger partial charge in [-0.25, -0.2) is 8.42 Å². The number of rotatable bonds is 9. The third-order valence-corrected chi connectivity index (χ3v) is 5.21. The molecule has 0 aliphatic heterocycles. The van der Waals surface area contributed by atoms with Gasteiger partial charge >= 0.3 is 0 Å². The number of sulfonamides is 1. The first-order valence-corrected chi connectivity index (χ1v) is 10.2. The van der Waals surface area contributed by atoms with Crippen LogP contribution in [0.2, 0.25) is 0 Å². The molecule has 2 aromatic rings. The summed E-state index contributed by atoms with van der Waals surface area (Å²) < 4.78 is 31.4. The third-order valence-electron chi connectivity index (χ3n) is 3.73. The Morgan fingerprint density at radius 1 is 1.11 bits per heavy atom. The van der Waals surface area contributed by atoms with Crippen LogP contribution in [-0.2, 0) is 14.8 Å². The van der Waals surface area contributed by atoms with E-state index in [9.17, 15) is 18.0 Å². The SMILES string of the molecule is CCCS(=O)(=O)Nc1cccc(NC(=O)CCNC(=O)c2ccco2)c1C. The molecule has 2 amide bonds. The standard InChI is InChI=1S/C18H23N3O5S/c1-3-12-27(24,25)21-15-7-4-6-14(13(15)2)20-17(22)9-10-19-18(23)16-8-5-11-26-16/h4-8,11,21H,3,9-10,12H2,1-2H3,(H,19,23)(H,20,22). The molecule has 3 N–H and O–H groups in total. The number of nitrogens with one attached hydrogen (secondary N) is 3. The van der Waals surface area contributed by atoms with Crippen LogP contribution >= 0.6 is 0 Å². The molecule has 0 bridgehead atoms. The summed E-state index contributed by atoms with van der Waals surface area (Å²) in [6.45, 7) is 3.65. The van der Waals surface area contributed by atoms with Crippen molar-refractivity contribution >= 4 is 33.2 Å². The summed E-state index contributed by atoms with van der Waals surface area (Å²) in [5, 5.41) is 5.32. The zero-order chi connectivity index (χ0) is 19.9. The van der Waals surface area contributed by atoms with Gasteiger partial charge in [0.1, 0.15) is 0 Å². The first kappa shape index (κ1) is 20.5. The fourth-order valence-electron chi connectivity index (χ4n) is 2.37. The normalized spacial score (nSPS) is 11.0. The number of anilines is 2. The Kier molecular flexibility index (Phi) is 7.00. The van der Waals surface area contributed by atoms with Gasteiger partial charge in [-0.3, -0.25) is 14.3 Å². The minimum atomic E-state index is -3.42. The molecule has 1 aromatic carbocycles. The van der Waals surface area contributed by atoms with E-state index in [-0.39, 0.29) is 30.4 Å². The van der Waals surface area contributed by atoms with Crippen LogP contribution in [0.3, 0.4) is 0 Å². The molecule has 1 heterocycles. The molecule has 0 spiro atoms. The van der Waals surface area contributed by atoms with Gasteiger partial charge in [-0.2, -0.15) is 0 Å². The second-order valence-corrected chi connectivity index (χ2v) is 7.77. The Bertz CT molecular complexity index is 892. The molecule has 146 valence electrons. The maximum absolute atomic E-state index is 12.1. The maximum atomic E-state index is 12.1. The lowest BCUT2D eigenvalue weighted by molar-refractivity contribution is -0.116. The van der Waals surface area contributed by atoms with Crippen LogP contribution in [0.5, 0.6) is 0 Å². The molecular weight excluding hydrogens is 370 g/mol. The van der Waals surface area contributed by atoms with Crippen molar-refractivity contribution in [3.63, 3.8) is 0 Å². The third kappa shape index (κ3) is 6.14. The second kappa shape index (κ2) is 9.22. The molecule has 0 fully saturated rings. The van der Waals surface area contributed by atoms with Crippen LogP contribution < -0.4 is 15.4 Å². The Hall–Kier alpha value is -2.81. The molecule has 0 unspecified atom stereocenters. The van der Waals surface area contributed by atoms with E-state index >= 15 is 0 Å². The Morgan fingerprint density at radius 3 is 2.52 bits per heavy atom. The van der Waals surface area contributed by atoms with Gasteiger partial charge in [0.2, 0.25) is 15.9 Å². The molecule has 0 aliphatic rings. The van der Waals surface area contributed by atoms with Gasteiger partial charge in [0.15, 0.2) is 5.76 Å². The van der Waals surface area contributed by atoms with E-state index in [0.717, 1.165) is 0 Å². The van der Waals surface area contributed by atoms with E-state index in [1.807, 2.05) is 0 Å². The molecule has 2 rings (SSSR count). The summed E-state index contributed by atoms with van der Waals surface area (Å²) >= 11 is 0. The van der Waals surface area contributed by atoms with Gasteiger partial charge in [0.25, 0.3) is 5.91 Å². The predicted octanol–water partition coefficient (Wildman–Crippen LogP) is 2.50. The lowest BCUT2D eigenvalue weighted by atomic mass is 10.1. The quantitative estimate of drug-likeness (QED) is 0.605. The minimum absolute atomic E-state index is 0.0262. The van der Waals surface area contributed by atoms with E-state index in [2.05, 4.69) is 15.4 Å². The highest BCUT2D eigenvalue weighted by Gasteiger charge is 2.14. The second-order valence-electron chi connectivity index (χ2n) is 5.93. The van der Waals surface area contributed by atoms with Gasteiger partial charge in [-0.05, 0) is 43.2 Å². The number of hydrogen-bond acceptors (Lipinski definition) is 5. The van der Waals surface area contributed by atoms with E-state index in [0.29, 0.717) is 23.4 Å². The highest BCUT2D eigenvalue weighted by Crippen LogP contribution is 2.24.